The average Bonchev–Trinajstić information content (AvgIpc) is 2.73. The molecule has 0 saturated carbocycles. The van der Waals surface area contributed by atoms with Gasteiger partial charge in [-0.25, -0.2) is 9.78 Å². The number of rotatable bonds is 5. The molecule has 1 aromatic heterocycles. The number of hydrogen-bond donors (Lipinski definition) is 2. The Morgan fingerprint density at radius 1 is 1.53 bits per heavy atom. The molecule has 0 radical (unpaired) electrons. The number of anilines is 1. The van der Waals surface area contributed by atoms with E-state index in [1.165, 1.54) is 24.3 Å². The zero-order chi connectivity index (χ0) is 13.8. The largest absolute Gasteiger partial charge is 0.476 e. The van der Waals surface area contributed by atoms with Crippen LogP contribution in [-0.4, -0.2) is 46.6 Å². The number of thiazole rings is 1. The summed E-state index contributed by atoms with van der Waals surface area (Å²) < 4.78 is 0. The third kappa shape index (κ3) is 3.67. The molecule has 1 aliphatic rings. The van der Waals surface area contributed by atoms with Crippen molar-refractivity contribution >= 4 is 22.4 Å². The first-order valence-corrected chi connectivity index (χ1v) is 7.61. The van der Waals surface area contributed by atoms with Crippen LogP contribution < -0.4 is 5.32 Å². The van der Waals surface area contributed by atoms with Gasteiger partial charge < -0.3 is 15.3 Å². The van der Waals surface area contributed by atoms with Gasteiger partial charge in [-0.05, 0) is 32.7 Å². The molecule has 0 unspecified atom stereocenters. The van der Waals surface area contributed by atoms with Gasteiger partial charge >= 0.3 is 5.97 Å². The third-order valence-electron chi connectivity index (χ3n) is 3.45. The highest BCUT2D eigenvalue weighted by Crippen LogP contribution is 2.24. The Hall–Kier alpha value is -1.14. The van der Waals surface area contributed by atoms with E-state index in [1.54, 1.807) is 6.92 Å². The lowest BCUT2D eigenvalue weighted by Gasteiger charge is -2.31. The maximum absolute atomic E-state index is 11.0. The van der Waals surface area contributed by atoms with Crippen LogP contribution in [0.3, 0.4) is 0 Å². The van der Waals surface area contributed by atoms with E-state index >= 15 is 0 Å². The maximum Gasteiger partial charge on any atom is 0.355 e. The van der Waals surface area contributed by atoms with Gasteiger partial charge in [0.15, 0.2) is 10.8 Å². The lowest BCUT2D eigenvalue weighted by atomic mass is 10.1. The SMILES string of the molecule is CCCN1CCC(Nc2nc(C(=O)O)c(C)s2)CC1. The fourth-order valence-electron chi connectivity index (χ4n) is 2.45. The van der Waals surface area contributed by atoms with Gasteiger partial charge in [0.05, 0.1) is 0 Å². The number of nitrogens with zero attached hydrogens (tertiary/aromatic N) is 2. The van der Waals surface area contributed by atoms with Gasteiger partial charge in [-0.2, -0.15) is 0 Å². The molecule has 0 amide bonds. The molecule has 0 aromatic carbocycles. The van der Waals surface area contributed by atoms with Crippen molar-refractivity contribution in [2.45, 2.75) is 39.2 Å². The monoisotopic (exact) mass is 283 g/mol. The highest BCUT2D eigenvalue weighted by Gasteiger charge is 2.20. The van der Waals surface area contributed by atoms with E-state index in [4.69, 9.17) is 5.11 Å². The molecule has 0 atom stereocenters. The summed E-state index contributed by atoms with van der Waals surface area (Å²) in [7, 11) is 0. The fourth-order valence-corrected chi connectivity index (χ4v) is 3.33. The molecule has 1 fully saturated rings. The lowest BCUT2D eigenvalue weighted by Crippen LogP contribution is -2.39. The van der Waals surface area contributed by atoms with E-state index < -0.39 is 5.97 Å². The Morgan fingerprint density at radius 2 is 2.21 bits per heavy atom. The normalized spacial score (nSPS) is 17.6. The first-order chi connectivity index (χ1) is 9.10. The van der Waals surface area contributed by atoms with Crippen LogP contribution >= 0.6 is 11.3 Å². The van der Waals surface area contributed by atoms with Gasteiger partial charge in [0.2, 0.25) is 0 Å². The van der Waals surface area contributed by atoms with Crippen molar-refractivity contribution in [2.24, 2.45) is 0 Å². The van der Waals surface area contributed by atoms with Gasteiger partial charge in [-0.3, -0.25) is 0 Å². The van der Waals surface area contributed by atoms with E-state index in [0.717, 1.165) is 35.9 Å². The number of hydrogen-bond acceptors (Lipinski definition) is 5. The maximum atomic E-state index is 11.0. The number of carboxylic acid groups (broad SMARTS) is 1. The number of nitrogens with one attached hydrogen (secondary N) is 1. The molecule has 19 heavy (non-hydrogen) atoms. The van der Waals surface area contributed by atoms with Crippen molar-refractivity contribution in [1.29, 1.82) is 0 Å². The van der Waals surface area contributed by atoms with E-state index in [2.05, 4.69) is 22.1 Å². The minimum Gasteiger partial charge on any atom is -0.476 e. The van der Waals surface area contributed by atoms with Crippen LogP contribution in [0, 0.1) is 6.92 Å². The predicted molar refractivity (Wildman–Crippen MR) is 77.2 cm³/mol. The second-order valence-electron chi connectivity index (χ2n) is 4.99. The zero-order valence-electron chi connectivity index (χ0n) is 11.5. The Labute approximate surface area is 117 Å². The quantitative estimate of drug-likeness (QED) is 0.869. The molecule has 6 heteroatoms. The van der Waals surface area contributed by atoms with Gasteiger partial charge in [0.1, 0.15) is 0 Å². The summed E-state index contributed by atoms with van der Waals surface area (Å²) in [5.74, 6) is -0.945. The van der Waals surface area contributed by atoms with E-state index in [1.807, 2.05) is 0 Å². The topological polar surface area (TPSA) is 65.5 Å². The third-order valence-corrected chi connectivity index (χ3v) is 4.36. The summed E-state index contributed by atoms with van der Waals surface area (Å²) in [6.45, 7) is 7.40. The number of carboxylic acids is 1. The molecule has 2 heterocycles. The summed E-state index contributed by atoms with van der Waals surface area (Å²) in [6.07, 6.45) is 3.40. The second kappa shape index (κ2) is 6.34. The molecular weight excluding hydrogens is 262 g/mol. The van der Waals surface area contributed by atoms with E-state index in [9.17, 15) is 4.79 Å². The number of aryl methyl sites for hydroxylation is 1. The molecule has 1 saturated heterocycles. The van der Waals surface area contributed by atoms with Crippen LogP contribution in [0.1, 0.15) is 41.6 Å². The predicted octanol–water partition coefficient (Wildman–Crippen LogP) is 2.44. The van der Waals surface area contributed by atoms with Crippen molar-refractivity contribution in [2.75, 3.05) is 25.0 Å². The molecule has 2 N–H and O–H groups in total. The second-order valence-corrected chi connectivity index (χ2v) is 6.19. The first-order valence-electron chi connectivity index (χ1n) is 6.79. The minimum absolute atomic E-state index is 0.177. The summed E-state index contributed by atoms with van der Waals surface area (Å²) in [5, 5.41) is 13.1. The van der Waals surface area contributed by atoms with Crippen molar-refractivity contribution in [3.8, 4) is 0 Å². The molecule has 2 rings (SSSR count). The number of likely N-dealkylation sites (tertiary alicyclic amines) is 1. The molecule has 106 valence electrons. The van der Waals surface area contributed by atoms with Gasteiger partial charge in [0.25, 0.3) is 0 Å². The molecular formula is C13H21N3O2S. The van der Waals surface area contributed by atoms with Crippen molar-refractivity contribution < 1.29 is 9.90 Å². The fraction of sp³-hybridized carbons (Fsp3) is 0.692. The lowest BCUT2D eigenvalue weighted by molar-refractivity contribution is 0.0690. The number of aromatic nitrogens is 1. The molecule has 1 aliphatic heterocycles. The highest BCUT2D eigenvalue weighted by molar-refractivity contribution is 7.15. The van der Waals surface area contributed by atoms with Crippen LogP contribution in [0.5, 0.6) is 0 Å². The van der Waals surface area contributed by atoms with Crippen LogP contribution in [0.25, 0.3) is 0 Å². The smallest absolute Gasteiger partial charge is 0.355 e. The summed E-state index contributed by atoms with van der Waals surface area (Å²) in [4.78, 5) is 18.3. The highest BCUT2D eigenvalue weighted by atomic mass is 32.1. The average molecular weight is 283 g/mol. The van der Waals surface area contributed by atoms with E-state index in [-0.39, 0.29) is 5.69 Å². The number of carbonyl (C=O) groups is 1. The van der Waals surface area contributed by atoms with E-state index in [0.29, 0.717) is 6.04 Å². The van der Waals surface area contributed by atoms with Gasteiger partial charge in [0, 0.05) is 24.0 Å². The van der Waals surface area contributed by atoms with Crippen LogP contribution in [0.15, 0.2) is 0 Å². The minimum atomic E-state index is -0.945. The van der Waals surface area contributed by atoms with Gasteiger partial charge in [-0.1, -0.05) is 6.92 Å². The van der Waals surface area contributed by atoms with Crippen molar-refractivity contribution in [3.63, 3.8) is 0 Å². The summed E-state index contributed by atoms with van der Waals surface area (Å²) in [6, 6.07) is 0.417. The number of aromatic carboxylic acids is 1. The standard InChI is InChI=1S/C13H21N3O2S/c1-3-6-16-7-4-10(5-8-16)14-13-15-11(12(17)18)9(2)19-13/h10H,3-8H2,1-2H3,(H,14,15)(H,17,18). The Kier molecular flexibility index (Phi) is 4.76. The van der Waals surface area contributed by atoms with Crippen LogP contribution in [-0.2, 0) is 0 Å². The number of piperidine rings is 1. The van der Waals surface area contributed by atoms with Crippen LogP contribution in [0.2, 0.25) is 0 Å². The Balaban J connectivity index is 1.89. The Bertz CT molecular complexity index is 439. The Morgan fingerprint density at radius 3 is 2.74 bits per heavy atom. The molecule has 0 spiro atoms. The molecule has 5 nitrogen and oxygen atoms in total. The van der Waals surface area contributed by atoms with Gasteiger partial charge in [-0.15, -0.1) is 11.3 Å². The molecule has 0 bridgehead atoms. The first kappa shape index (κ1) is 14.3. The van der Waals surface area contributed by atoms with Crippen LogP contribution in [0.4, 0.5) is 5.13 Å². The summed E-state index contributed by atoms with van der Waals surface area (Å²) >= 11 is 1.43. The van der Waals surface area contributed by atoms with Crippen molar-refractivity contribution in [1.82, 2.24) is 9.88 Å². The molecule has 1 aromatic rings. The zero-order valence-corrected chi connectivity index (χ0v) is 12.3. The summed E-state index contributed by atoms with van der Waals surface area (Å²) in [5.41, 5.74) is 0.177. The van der Waals surface area contributed by atoms with Crippen molar-refractivity contribution in [3.05, 3.63) is 10.6 Å². The molecule has 0 aliphatic carbocycles.